The normalized spacial score (nSPS) is 17.9. The third kappa shape index (κ3) is 1.94. The molecule has 2 N–H and O–H groups in total. The van der Waals surface area contributed by atoms with Crippen molar-refractivity contribution in [3.8, 4) is 0 Å². The first-order valence-electron chi connectivity index (χ1n) is 5.62. The molecular formula is C13H20N2. The van der Waals surface area contributed by atoms with Gasteiger partial charge in [-0.1, -0.05) is 20.3 Å². The molecule has 0 aromatic heterocycles. The molecule has 2 heteroatoms. The van der Waals surface area contributed by atoms with Crippen LogP contribution in [0.3, 0.4) is 0 Å². The maximum Gasteiger partial charge on any atom is 0.0824 e. The van der Waals surface area contributed by atoms with Gasteiger partial charge in [0.2, 0.25) is 0 Å². The van der Waals surface area contributed by atoms with E-state index in [-0.39, 0.29) is 0 Å². The maximum absolute atomic E-state index is 7.89. The van der Waals surface area contributed by atoms with Crippen molar-refractivity contribution < 1.29 is 0 Å². The zero-order valence-electron chi connectivity index (χ0n) is 10.1. The van der Waals surface area contributed by atoms with Gasteiger partial charge in [-0.3, -0.25) is 10.8 Å². The molecule has 0 saturated heterocycles. The lowest BCUT2D eigenvalue weighted by Crippen LogP contribution is -2.22. The Hall–Kier alpha value is -1.18. The van der Waals surface area contributed by atoms with Crippen LogP contribution in [0.1, 0.15) is 47.0 Å². The molecule has 0 aliphatic heterocycles. The molecule has 0 aromatic rings. The molecule has 0 saturated carbocycles. The van der Waals surface area contributed by atoms with Gasteiger partial charge in [-0.15, -0.1) is 0 Å². The van der Waals surface area contributed by atoms with Gasteiger partial charge in [0.1, 0.15) is 0 Å². The van der Waals surface area contributed by atoms with Crippen LogP contribution < -0.4 is 0 Å². The molecule has 0 spiro atoms. The molecule has 0 amide bonds. The molecule has 0 radical (unpaired) electrons. The van der Waals surface area contributed by atoms with E-state index in [0.717, 1.165) is 30.4 Å². The van der Waals surface area contributed by atoms with Gasteiger partial charge in [-0.25, -0.2) is 0 Å². The van der Waals surface area contributed by atoms with E-state index in [1.165, 1.54) is 11.1 Å². The highest BCUT2D eigenvalue weighted by molar-refractivity contribution is 6.52. The van der Waals surface area contributed by atoms with Gasteiger partial charge in [-0.2, -0.15) is 0 Å². The smallest absolute Gasteiger partial charge is 0.0824 e. The van der Waals surface area contributed by atoms with E-state index in [1.54, 1.807) is 0 Å². The lowest BCUT2D eigenvalue weighted by Gasteiger charge is -2.24. The summed E-state index contributed by atoms with van der Waals surface area (Å²) < 4.78 is 0. The van der Waals surface area contributed by atoms with Gasteiger partial charge < -0.3 is 0 Å². The summed E-state index contributed by atoms with van der Waals surface area (Å²) in [7, 11) is 0. The molecule has 0 fully saturated rings. The molecule has 2 nitrogen and oxygen atoms in total. The first-order chi connectivity index (χ1) is 7.04. The summed E-state index contributed by atoms with van der Waals surface area (Å²) in [5.41, 5.74) is 5.41. The minimum absolute atomic E-state index is 0.407. The van der Waals surface area contributed by atoms with E-state index in [4.69, 9.17) is 10.8 Å². The van der Waals surface area contributed by atoms with Crippen LogP contribution in [0.15, 0.2) is 22.3 Å². The highest BCUT2D eigenvalue weighted by atomic mass is 14.5. The maximum atomic E-state index is 7.89. The second-order valence-corrected chi connectivity index (χ2v) is 4.06. The van der Waals surface area contributed by atoms with Crippen molar-refractivity contribution in [2.24, 2.45) is 0 Å². The number of hydrogen-bond donors (Lipinski definition) is 2. The Morgan fingerprint density at radius 1 is 0.867 bits per heavy atom. The van der Waals surface area contributed by atoms with E-state index < -0.39 is 0 Å². The van der Waals surface area contributed by atoms with Crippen molar-refractivity contribution in [2.75, 3.05) is 0 Å². The van der Waals surface area contributed by atoms with Crippen LogP contribution in [0.5, 0.6) is 0 Å². The average Bonchev–Trinajstić information content (AvgIpc) is 2.24. The number of hydrogen-bond acceptors (Lipinski definition) is 2. The Morgan fingerprint density at radius 2 is 1.33 bits per heavy atom. The molecule has 1 aliphatic rings. The molecule has 0 atom stereocenters. The summed E-state index contributed by atoms with van der Waals surface area (Å²) in [6.45, 7) is 8.23. The molecule has 0 heterocycles. The molecule has 1 rings (SSSR count). The third-order valence-electron chi connectivity index (χ3n) is 3.12. The standard InChI is InChI=1S/C13H20N2/c1-5-7-11-9(4)13(15)12(14)8(3)10(11)6-2/h14-15H,5-7H2,1-4H3. The molecule has 1 aliphatic carbocycles. The summed E-state index contributed by atoms with van der Waals surface area (Å²) in [4.78, 5) is 0. The topological polar surface area (TPSA) is 47.7 Å². The fraction of sp³-hybridized carbons (Fsp3) is 0.538. The monoisotopic (exact) mass is 204 g/mol. The summed E-state index contributed by atoms with van der Waals surface area (Å²) in [6, 6.07) is 0. The summed E-state index contributed by atoms with van der Waals surface area (Å²) in [5, 5.41) is 15.8. The molecule has 0 aromatic carbocycles. The van der Waals surface area contributed by atoms with Crippen molar-refractivity contribution in [1.82, 2.24) is 0 Å². The van der Waals surface area contributed by atoms with E-state index in [2.05, 4.69) is 13.8 Å². The zero-order valence-corrected chi connectivity index (χ0v) is 10.1. The minimum Gasteiger partial charge on any atom is -0.298 e. The summed E-state index contributed by atoms with van der Waals surface area (Å²) in [6.07, 6.45) is 3.10. The van der Waals surface area contributed by atoms with Crippen LogP contribution in [0.2, 0.25) is 0 Å². The number of allylic oxidation sites excluding steroid dienone is 4. The Morgan fingerprint density at radius 3 is 1.73 bits per heavy atom. The number of rotatable bonds is 3. The Kier molecular flexibility index (Phi) is 3.61. The minimum atomic E-state index is 0.407. The van der Waals surface area contributed by atoms with Gasteiger partial charge in [0.15, 0.2) is 0 Å². The fourth-order valence-corrected chi connectivity index (χ4v) is 2.20. The SMILES string of the molecule is CCCC1=C(C)C(=N)C(=N)C(C)=C1CC. The van der Waals surface area contributed by atoms with Crippen LogP contribution in [0.25, 0.3) is 0 Å². The Labute approximate surface area is 92.1 Å². The Bertz CT molecular complexity index is 370. The molecule has 0 bridgehead atoms. The van der Waals surface area contributed by atoms with Crippen LogP contribution in [-0.2, 0) is 0 Å². The van der Waals surface area contributed by atoms with E-state index in [0.29, 0.717) is 11.4 Å². The van der Waals surface area contributed by atoms with Crippen LogP contribution in [0, 0.1) is 10.8 Å². The van der Waals surface area contributed by atoms with Crippen LogP contribution >= 0.6 is 0 Å². The van der Waals surface area contributed by atoms with Crippen molar-refractivity contribution in [3.63, 3.8) is 0 Å². The molecule has 82 valence electrons. The van der Waals surface area contributed by atoms with E-state index in [1.807, 2.05) is 13.8 Å². The van der Waals surface area contributed by atoms with Gasteiger partial charge >= 0.3 is 0 Å². The summed E-state index contributed by atoms with van der Waals surface area (Å²) in [5.74, 6) is 0. The zero-order chi connectivity index (χ0) is 11.6. The lowest BCUT2D eigenvalue weighted by molar-refractivity contribution is 0.880. The van der Waals surface area contributed by atoms with E-state index >= 15 is 0 Å². The van der Waals surface area contributed by atoms with Crippen LogP contribution in [-0.4, -0.2) is 11.4 Å². The van der Waals surface area contributed by atoms with Gasteiger partial charge in [0.05, 0.1) is 11.4 Å². The molecule has 15 heavy (non-hydrogen) atoms. The Balaban J connectivity index is 3.29. The predicted octanol–water partition coefficient (Wildman–Crippen LogP) is 3.88. The fourth-order valence-electron chi connectivity index (χ4n) is 2.20. The van der Waals surface area contributed by atoms with Gasteiger partial charge in [0, 0.05) is 0 Å². The van der Waals surface area contributed by atoms with Crippen molar-refractivity contribution >= 4 is 11.4 Å². The number of nitrogens with one attached hydrogen (secondary N) is 2. The third-order valence-corrected chi connectivity index (χ3v) is 3.12. The van der Waals surface area contributed by atoms with Crippen LogP contribution in [0.4, 0.5) is 0 Å². The molecular weight excluding hydrogens is 184 g/mol. The van der Waals surface area contributed by atoms with Gasteiger partial charge in [-0.05, 0) is 49.0 Å². The summed E-state index contributed by atoms with van der Waals surface area (Å²) >= 11 is 0. The quantitative estimate of drug-likeness (QED) is 0.655. The highest BCUT2D eigenvalue weighted by Crippen LogP contribution is 2.31. The van der Waals surface area contributed by atoms with E-state index in [9.17, 15) is 0 Å². The largest absolute Gasteiger partial charge is 0.298 e. The second kappa shape index (κ2) is 4.56. The predicted molar refractivity (Wildman–Crippen MR) is 66.1 cm³/mol. The van der Waals surface area contributed by atoms with Crippen molar-refractivity contribution in [2.45, 2.75) is 47.0 Å². The average molecular weight is 204 g/mol. The van der Waals surface area contributed by atoms with Crippen molar-refractivity contribution in [3.05, 3.63) is 22.3 Å². The van der Waals surface area contributed by atoms with Gasteiger partial charge in [0.25, 0.3) is 0 Å². The molecule has 0 unspecified atom stereocenters. The first kappa shape index (κ1) is 11.9. The van der Waals surface area contributed by atoms with Crippen molar-refractivity contribution in [1.29, 1.82) is 10.8 Å². The first-order valence-corrected chi connectivity index (χ1v) is 5.62. The highest BCUT2D eigenvalue weighted by Gasteiger charge is 2.23. The lowest BCUT2D eigenvalue weighted by atomic mass is 9.81. The second-order valence-electron chi connectivity index (χ2n) is 4.06.